The van der Waals surface area contributed by atoms with Crippen LogP contribution in [-0.2, 0) is 6.54 Å². The Kier molecular flexibility index (Phi) is 4.86. The predicted octanol–water partition coefficient (Wildman–Crippen LogP) is 1.57. The second-order valence-electron chi connectivity index (χ2n) is 4.27. The lowest BCUT2D eigenvalue weighted by atomic mass is 10.1. The summed E-state index contributed by atoms with van der Waals surface area (Å²) in [5.41, 5.74) is 1.41. The average Bonchev–Trinajstić information content (AvgIpc) is 2.48. The third-order valence-corrected chi connectivity index (χ3v) is 3.64. The van der Waals surface area contributed by atoms with E-state index in [1.165, 1.54) is 4.68 Å². The van der Waals surface area contributed by atoms with E-state index < -0.39 is 0 Å². The fourth-order valence-corrected chi connectivity index (χ4v) is 2.21. The Morgan fingerprint density at radius 1 is 1.45 bits per heavy atom. The molecule has 2 rings (SSSR count). The Labute approximate surface area is 124 Å². The van der Waals surface area contributed by atoms with Gasteiger partial charge in [0.2, 0.25) is 0 Å². The van der Waals surface area contributed by atoms with Crippen molar-refractivity contribution in [2.24, 2.45) is 0 Å². The van der Waals surface area contributed by atoms with Crippen LogP contribution in [0.15, 0.2) is 40.0 Å². The number of halogens is 1. The van der Waals surface area contributed by atoms with E-state index in [2.05, 4.69) is 31.3 Å². The Morgan fingerprint density at radius 3 is 2.80 bits per heavy atom. The van der Waals surface area contributed by atoms with Gasteiger partial charge in [-0.05, 0) is 40.5 Å². The van der Waals surface area contributed by atoms with Crippen molar-refractivity contribution in [3.63, 3.8) is 0 Å². The molecule has 2 aromatic rings. The predicted molar refractivity (Wildman–Crippen MR) is 79.6 cm³/mol. The van der Waals surface area contributed by atoms with Crippen LogP contribution in [0.1, 0.15) is 18.5 Å². The first kappa shape index (κ1) is 14.7. The molecule has 2 aromatic heterocycles. The molecule has 7 heteroatoms. The van der Waals surface area contributed by atoms with Crippen LogP contribution in [0.25, 0.3) is 0 Å². The van der Waals surface area contributed by atoms with Gasteiger partial charge in [-0.3, -0.25) is 9.78 Å². The summed E-state index contributed by atoms with van der Waals surface area (Å²) in [5.74, 6) is 0. The summed E-state index contributed by atoms with van der Waals surface area (Å²) in [6.45, 7) is 2.04. The zero-order valence-corrected chi connectivity index (χ0v) is 12.5. The molecule has 0 aliphatic carbocycles. The number of aliphatic hydroxyl groups excluding tert-OH is 1. The summed E-state index contributed by atoms with van der Waals surface area (Å²) in [6.07, 6.45) is 5.01. The van der Waals surface area contributed by atoms with E-state index in [1.807, 2.05) is 19.1 Å². The second-order valence-corrected chi connectivity index (χ2v) is 5.06. The molecule has 0 amide bonds. The van der Waals surface area contributed by atoms with Crippen LogP contribution in [0.5, 0.6) is 0 Å². The molecular weight excluding hydrogens is 324 g/mol. The maximum absolute atomic E-state index is 12.0. The van der Waals surface area contributed by atoms with Gasteiger partial charge in [-0.2, -0.15) is 5.10 Å². The molecule has 0 aliphatic rings. The molecule has 0 saturated heterocycles. The molecule has 0 saturated carbocycles. The summed E-state index contributed by atoms with van der Waals surface area (Å²) in [6, 6.07) is 3.84. The Bertz CT molecular complexity index is 630. The average molecular weight is 339 g/mol. The summed E-state index contributed by atoms with van der Waals surface area (Å²) in [7, 11) is 0. The van der Waals surface area contributed by atoms with Crippen molar-refractivity contribution in [2.45, 2.75) is 19.5 Å². The number of hydrogen-bond acceptors (Lipinski definition) is 5. The lowest BCUT2D eigenvalue weighted by molar-refractivity contribution is 0.266. The Morgan fingerprint density at radius 2 is 2.15 bits per heavy atom. The Balaban J connectivity index is 2.22. The summed E-state index contributed by atoms with van der Waals surface area (Å²) >= 11 is 3.27. The van der Waals surface area contributed by atoms with E-state index in [0.717, 1.165) is 5.56 Å². The maximum Gasteiger partial charge on any atom is 0.283 e. The van der Waals surface area contributed by atoms with Crippen molar-refractivity contribution < 1.29 is 5.11 Å². The summed E-state index contributed by atoms with van der Waals surface area (Å²) < 4.78 is 1.62. The van der Waals surface area contributed by atoms with Crippen molar-refractivity contribution >= 4 is 21.6 Å². The zero-order chi connectivity index (χ0) is 14.5. The van der Waals surface area contributed by atoms with Gasteiger partial charge in [0.1, 0.15) is 4.47 Å². The molecule has 1 atom stereocenters. The van der Waals surface area contributed by atoms with Crippen LogP contribution in [0, 0.1) is 0 Å². The molecular formula is C13H15BrN4O2. The summed E-state index contributed by atoms with van der Waals surface area (Å²) in [4.78, 5) is 16.0. The van der Waals surface area contributed by atoms with E-state index in [-0.39, 0.29) is 24.8 Å². The standard InChI is InChI=1S/C13H15BrN4O2/c1-9(10-2-4-15-5-3-10)17-11-8-16-18(6-7-19)13(20)12(11)14/h2-5,8-9,17,19H,6-7H2,1H3. The fraction of sp³-hybridized carbons (Fsp3) is 0.308. The van der Waals surface area contributed by atoms with E-state index >= 15 is 0 Å². The van der Waals surface area contributed by atoms with Gasteiger partial charge in [0, 0.05) is 18.4 Å². The normalized spacial score (nSPS) is 12.2. The van der Waals surface area contributed by atoms with Crippen LogP contribution >= 0.6 is 15.9 Å². The van der Waals surface area contributed by atoms with Crippen LogP contribution in [0.2, 0.25) is 0 Å². The number of anilines is 1. The lowest BCUT2D eigenvalue weighted by Gasteiger charge is -2.16. The summed E-state index contributed by atoms with van der Waals surface area (Å²) in [5, 5.41) is 16.1. The number of nitrogens with zero attached hydrogens (tertiary/aromatic N) is 3. The minimum Gasteiger partial charge on any atom is -0.394 e. The van der Waals surface area contributed by atoms with Crippen molar-refractivity contribution in [3.8, 4) is 0 Å². The fourth-order valence-electron chi connectivity index (χ4n) is 1.79. The van der Waals surface area contributed by atoms with Crippen molar-refractivity contribution in [2.75, 3.05) is 11.9 Å². The molecule has 0 aromatic carbocycles. The monoisotopic (exact) mass is 338 g/mol. The van der Waals surface area contributed by atoms with Gasteiger partial charge in [-0.15, -0.1) is 0 Å². The molecule has 1 unspecified atom stereocenters. The van der Waals surface area contributed by atoms with Crippen LogP contribution in [0.4, 0.5) is 5.69 Å². The van der Waals surface area contributed by atoms with Gasteiger partial charge >= 0.3 is 0 Å². The first-order valence-corrected chi connectivity index (χ1v) is 6.95. The number of nitrogens with one attached hydrogen (secondary N) is 1. The van der Waals surface area contributed by atoms with Crippen molar-refractivity contribution in [3.05, 3.63) is 51.1 Å². The molecule has 106 valence electrons. The first-order chi connectivity index (χ1) is 9.63. The molecule has 0 radical (unpaired) electrons. The van der Waals surface area contributed by atoms with Gasteiger partial charge in [0.15, 0.2) is 0 Å². The van der Waals surface area contributed by atoms with Crippen LogP contribution in [0.3, 0.4) is 0 Å². The Hall–Kier alpha value is -1.73. The third kappa shape index (κ3) is 3.23. The highest BCUT2D eigenvalue weighted by Gasteiger charge is 2.11. The van der Waals surface area contributed by atoms with E-state index in [0.29, 0.717) is 10.2 Å². The minimum atomic E-state index is -0.272. The number of hydrogen-bond donors (Lipinski definition) is 2. The van der Waals surface area contributed by atoms with Gasteiger partial charge in [0.25, 0.3) is 5.56 Å². The van der Waals surface area contributed by atoms with Gasteiger partial charge in [0.05, 0.1) is 25.0 Å². The molecule has 0 spiro atoms. The van der Waals surface area contributed by atoms with Crippen molar-refractivity contribution in [1.29, 1.82) is 0 Å². The lowest BCUT2D eigenvalue weighted by Crippen LogP contribution is -2.26. The van der Waals surface area contributed by atoms with Gasteiger partial charge < -0.3 is 10.4 Å². The topological polar surface area (TPSA) is 80.0 Å². The number of aromatic nitrogens is 3. The molecule has 0 aliphatic heterocycles. The van der Waals surface area contributed by atoms with Crippen LogP contribution in [-0.4, -0.2) is 26.5 Å². The number of pyridine rings is 1. The first-order valence-electron chi connectivity index (χ1n) is 6.16. The largest absolute Gasteiger partial charge is 0.394 e. The van der Waals surface area contributed by atoms with E-state index in [9.17, 15) is 4.79 Å². The quantitative estimate of drug-likeness (QED) is 0.864. The molecule has 0 fully saturated rings. The smallest absolute Gasteiger partial charge is 0.283 e. The highest BCUT2D eigenvalue weighted by molar-refractivity contribution is 9.10. The van der Waals surface area contributed by atoms with Gasteiger partial charge in [-0.1, -0.05) is 0 Å². The molecule has 2 N–H and O–H groups in total. The van der Waals surface area contributed by atoms with Crippen LogP contribution < -0.4 is 10.9 Å². The number of rotatable bonds is 5. The zero-order valence-electron chi connectivity index (χ0n) is 11.0. The number of aliphatic hydroxyl groups is 1. The van der Waals surface area contributed by atoms with Crippen molar-refractivity contribution in [1.82, 2.24) is 14.8 Å². The molecule has 6 nitrogen and oxygen atoms in total. The highest BCUT2D eigenvalue weighted by atomic mass is 79.9. The molecule has 2 heterocycles. The minimum absolute atomic E-state index is 0.0178. The SMILES string of the molecule is CC(Nc1cnn(CCO)c(=O)c1Br)c1ccncc1. The maximum atomic E-state index is 12.0. The second kappa shape index (κ2) is 6.62. The molecule has 20 heavy (non-hydrogen) atoms. The van der Waals surface area contributed by atoms with E-state index in [4.69, 9.17) is 5.11 Å². The van der Waals surface area contributed by atoms with E-state index in [1.54, 1.807) is 18.6 Å². The highest BCUT2D eigenvalue weighted by Crippen LogP contribution is 2.22. The molecule has 0 bridgehead atoms. The third-order valence-electron chi connectivity index (χ3n) is 2.87. The van der Waals surface area contributed by atoms with Gasteiger partial charge in [-0.25, -0.2) is 4.68 Å².